The third-order valence-electron chi connectivity index (χ3n) is 3.51. The Morgan fingerprint density at radius 1 is 1.47 bits per heavy atom. The highest BCUT2D eigenvalue weighted by molar-refractivity contribution is 8.00. The summed E-state index contributed by atoms with van der Waals surface area (Å²) in [5, 5.41) is 13.4. The van der Waals surface area contributed by atoms with Crippen molar-refractivity contribution in [1.82, 2.24) is 5.32 Å². The second-order valence-electron chi connectivity index (χ2n) is 5.58. The maximum absolute atomic E-state index is 9.27. The minimum Gasteiger partial charge on any atom is -0.299 e. The summed E-state index contributed by atoms with van der Waals surface area (Å²) < 4.78 is 0. The van der Waals surface area contributed by atoms with E-state index < -0.39 is 0 Å². The topological polar surface area (TPSA) is 35.8 Å². The highest BCUT2D eigenvalue weighted by atomic mass is 32.2. The second-order valence-corrected chi connectivity index (χ2v) is 6.86. The number of rotatable bonds is 6. The molecule has 0 aromatic heterocycles. The molecule has 1 aliphatic carbocycles. The van der Waals surface area contributed by atoms with E-state index in [1.807, 2.05) is 18.7 Å². The smallest absolute Gasteiger partial charge is 0.113 e. The molecule has 0 saturated heterocycles. The molecule has 1 saturated carbocycles. The van der Waals surface area contributed by atoms with Gasteiger partial charge in [0, 0.05) is 11.0 Å². The van der Waals surface area contributed by atoms with Gasteiger partial charge in [0.1, 0.15) is 5.54 Å². The standard InChI is InChI=1S/C14H26N2S/c1-4-8-16-14(3,10-15)11-17-13-7-5-6-12(2)9-13/h12-13,16H,4-9,11H2,1-3H3. The van der Waals surface area contributed by atoms with Crippen LogP contribution >= 0.6 is 11.8 Å². The van der Waals surface area contributed by atoms with Crippen LogP contribution in [0.5, 0.6) is 0 Å². The third kappa shape index (κ3) is 5.31. The molecule has 1 rings (SSSR count). The zero-order valence-corrected chi connectivity index (χ0v) is 12.3. The van der Waals surface area contributed by atoms with E-state index in [-0.39, 0.29) is 5.54 Å². The molecular weight excluding hydrogens is 228 g/mol. The van der Waals surface area contributed by atoms with Gasteiger partial charge in [-0.2, -0.15) is 17.0 Å². The zero-order valence-electron chi connectivity index (χ0n) is 11.5. The minimum absolute atomic E-state index is 0.346. The second kappa shape index (κ2) is 7.28. The molecule has 3 unspecified atom stereocenters. The lowest BCUT2D eigenvalue weighted by Crippen LogP contribution is -2.44. The van der Waals surface area contributed by atoms with E-state index in [0.717, 1.165) is 29.9 Å². The Balaban J connectivity index is 2.34. The van der Waals surface area contributed by atoms with Gasteiger partial charge < -0.3 is 0 Å². The molecule has 0 aliphatic heterocycles. The Bertz CT molecular complexity index is 261. The van der Waals surface area contributed by atoms with Gasteiger partial charge in [0.05, 0.1) is 6.07 Å². The lowest BCUT2D eigenvalue weighted by atomic mass is 9.91. The summed E-state index contributed by atoms with van der Waals surface area (Å²) >= 11 is 2.00. The molecule has 0 aromatic carbocycles. The molecule has 0 amide bonds. The van der Waals surface area contributed by atoms with Gasteiger partial charge in [-0.05, 0) is 38.6 Å². The van der Waals surface area contributed by atoms with Crippen molar-refractivity contribution >= 4 is 11.8 Å². The SMILES string of the molecule is CCCNC(C)(C#N)CSC1CCCC(C)C1. The van der Waals surface area contributed by atoms with Gasteiger partial charge in [-0.1, -0.05) is 26.7 Å². The molecule has 3 heteroatoms. The molecule has 0 spiro atoms. The average Bonchev–Trinajstić information content (AvgIpc) is 2.34. The van der Waals surface area contributed by atoms with Gasteiger partial charge in [-0.25, -0.2) is 0 Å². The van der Waals surface area contributed by atoms with Crippen molar-refractivity contribution in [1.29, 1.82) is 5.26 Å². The fourth-order valence-electron chi connectivity index (χ4n) is 2.34. The lowest BCUT2D eigenvalue weighted by Gasteiger charge is -2.29. The summed E-state index contributed by atoms with van der Waals surface area (Å²) in [7, 11) is 0. The molecule has 2 nitrogen and oxygen atoms in total. The van der Waals surface area contributed by atoms with Crippen LogP contribution in [-0.2, 0) is 0 Å². The first-order valence-electron chi connectivity index (χ1n) is 6.87. The van der Waals surface area contributed by atoms with Crippen molar-refractivity contribution in [2.24, 2.45) is 5.92 Å². The molecule has 0 heterocycles. The van der Waals surface area contributed by atoms with Crippen molar-refractivity contribution in [2.75, 3.05) is 12.3 Å². The number of hydrogen-bond donors (Lipinski definition) is 1. The highest BCUT2D eigenvalue weighted by Crippen LogP contribution is 2.33. The summed E-state index contributed by atoms with van der Waals surface area (Å²) in [6.07, 6.45) is 6.51. The summed E-state index contributed by atoms with van der Waals surface area (Å²) in [6.45, 7) is 7.46. The zero-order chi connectivity index (χ0) is 12.7. The first-order chi connectivity index (χ1) is 8.09. The van der Waals surface area contributed by atoms with Crippen molar-refractivity contribution in [3.05, 3.63) is 0 Å². The molecule has 1 fully saturated rings. The minimum atomic E-state index is -0.346. The van der Waals surface area contributed by atoms with E-state index in [9.17, 15) is 5.26 Å². The van der Waals surface area contributed by atoms with Crippen LogP contribution in [0.15, 0.2) is 0 Å². The first kappa shape index (κ1) is 14.9. The van der Waals surface area contributed by atoms with E-state index in [4.69, 9.17) is 0 Å². The Hall–Kier alpha value is -0.200. The largest absolute Gasteiger partial charge is 0.299 e. The number of hydrogen-bond acceptors (Lipinski definition) is 3. The van der Waals surface area contributed by atoms with Crippen molar-refractivity contribution in [3.63, 3.8) is 0 Å². The van der Waals surface area contributed by atoms with Gasteiger partial charge in [-0.15, -0.1) is 0 Å². The van der Waals surface area contributed by atoms with Gasteiger partial charge in [-0.3, -0.25) is 5.32 Å². The van der Waals surface area contributed by atoms with Crippen LogP contribution in [-0.4, -0.2) is 23.1 Å². The predicted octanol–water partition coefficient (Wildman–Crippen LogP) is 3.58. The van der Waals surface area contributed by atoms with Crippen molar-refractivity contribution < 1.29 is 0 Å². The monoisotopic (exact) mass is 254 g/mol. The fourth-order valence-corrected chi connectivity index (χ4v) is 3.87. The van der Waals surface area contributed by atoms with Gasteiger partial charge in [0.25, 0.3) is 0 Å². The van der Waals surface area contributed by atoms with Crippen LogP contribution in [0.4, 0.5) is 0 Å². The fraction of sp³-hybridized carbons (Fsp3) is 0.929. The number of nitrogens with one attached hydrogen (secondary N) is 1. The third-order valence-corrected chi connectivity index (χ3v) is 5.15. The van der Waals surface area contributed by atoms with Crippen LogP contribution in [0.1, 0.15) is 52.9 Å². The summed E-state index contributed by atoms with van der Waals surface area (Å²) in [5.74, 6) is 1.79. The summed E-state index contributed by atoms with van der Waals surface area (Å²) in [6, 6.07) is 2.43. The van der Waals surface area contributed by atoms with E-state index in [2.05, 4.69) is 25.2 Å². The van der Waals surface area contributed by atoms with Gasteiger partial charge in [0.15, 0.2) is 0 Å². The van der Waals surface area contributed by atoms with Gasteiger partial charge in [0.2, 0.25) is 0 Å². The normalized spacial score (nSPS) is 28.4. The average molecular weight is 254 g/mol. The van der Waals surface area contributed by atoms with E-state index in [0.29, 0.717) is 0 Å². The summed E-state index contributed by atoms with van der Waals surface area (Å²) in [5.41, 5.74) is -0.346. The highest BCUT2D eigenvalue weighted by Gasteiger charge is 2.26. The van der Waals surface area contributed by atoms with E-state index in [1.165, 1.54) is 25.7 Å². The van der Waals surface area contributed by atoms with E-state index in [1.54, 1.807) is 0 Å². The lowest BCUT2D eigenvalue weighted by molar-refractivity contribution is 0.393. The van der Waals surface area contributed by atoms with Crippen LogP contribution in [0, 0.1) is 17.2 Å². The summed E-state index contributed by atoms with van der Waals surface area (Å²) in [4.78, 5) is 0. The predicted molar refractivity (Wildman–Crippen MR) is 76.2 cm³/mol. The molecule has 0 radical (unpaired) electrons. The van der Waals surface area contributed by atoms with Crippen molar-refractivity contribution in [3.8, 4) is 6.07 Å². The Labute approximate surface area is 111 Å². The Kier molecular flexibility index (Phi) is 6.37. The van der Waals surface area contributed by atoms with Crippen LogP contribution in [0.25, 0.3) is 0 Å². The number of nitrogens with zero attached hydrogens (tertiary/aromatic N) is 1. The molecule has 0 aromatic rings. The first-order valence-corrected chi connectivity index (χ1v) is 7.92. The maximum atomic E-state index is 9.27. The van der Waals surface area contributed by atoms with Crippen LogP contribution < -0.4 is 5.32 Å². The molecular formula is C14H26N2S. The van der Waals surface area contributed by atoms with Crippen LogP contribution in [0.3, 0.4) is 0 Å². The quantitative estimate of drug-likeness (QED) is 0.787. The number of nitriles is 1. The maximum Gasteiger partial charge on any atom is 0.113 e. The number of thioether (sulfide) groups is 1. The van der Waals surface area contributed by atoms with Crippen LogP contribution in [0.2, 0.25) is 0 Å². The molecule has 1 aliphatic rings. The molecule has 98 valence electrons. The Morgan fingerprint density at radius 3 is 2.82 bits per heavy atom. The van der Waals surface area contributed by atoms with Gasteiger partial charge >= 0.3 is 0 Å². The Morgan fingerprint density at radius 2 is 2.24 bits per heavy atom. The van der Waals surface area contributed by atoms with E-state index >= 15 is 0 Å². The molecule has 17 heavy (non-hydrogen) atoms. The van der Waals surface area contributed by atoms with Crippen molar-refractivity contribution in [2.45, 2.75) is 63.7 Å². The molecule has 3 atom stereocenters. The molecule has 0 bridgehead atoms. The molecule has 1 N–H and O–H groups in total.